The van der Waals surface area contributed by atoms with E-state index in [0.29, 0.717) is 43.9 Å². The molecule has 8 heteroatoms. The number of benzene rings is 1. The number of aromatic nitrogens is 1. The van der Waals surface area contributed by atoms with Crippen LogP contribution in [0.5, 0.6) is 5.75 Å². The van der Waals surface area contributed by atoms with E-state index in [2.05, 4.69) is 24.0 Å². The highest BCUT2D eigenvalue weighted by Gasteiger charge is 2.32. The highest BCUT2D eigenvalue weighted by atomic mass is 16.5. The zero-order valence-electron chi connectivity index (χ0n) is 21.4. The summed E-state index contributed by atoms with van der Waals surface area (Å²) >= 11 is 0. The maximum Gasteiger partial charge on any atom is 0.343 e. The molecule has 194 valence electrons. The Kier molecular flexibility index (Phi) is 8.80. The monoisotopic (exact) mass is 495 g/mol. The lowest BCUT2D eigenvalue weighted by Gasteiger charge is -2.34. The molecule has 1 aromatic carbocycles. The van der Waals surface area contributed by atoms with Crippen LogP contribution in [0.3, 0.4) is 0 Å². The number of pyridine rings is 1. The van der Waals surface area contributed by atoms with Crippen LogP contribution in [-0.2, 0) is 28.9 Å². The lowest BCUT2D eigenvalue weighted by Crippen LogP contribution is -2.45. The maximum atomic E-state index is 13.3. The molecule has 0 unspecified atom stereocenters. The molecular weight excluding hydrogens is 458 g/mol. The smallest absolute Gasteiger partial charge is 0.343 e. The molecule has 2 aliphatic heterocycles. The minimum atomic E-state index is -0.526. The maximum absolute atomic E-state index is 13.3. The Labute approximate surface area is 212 Å². The van der Waals surface area contributed by atoms with Gasteiger partial charge in [-0.2, -0.15) is 0 Å². The standard InChI is InChI=1S/C28H37N3O5/c1-3-29-14-7-12-22(20-29)27(33)30-15-13-23-26(28(34)35-2)24(19-25(32)31(23)17-16-30)36-18-8-11-21-9-5-4-6-10-21/h4-6,9-10,19,22H,3,7-8,11-18,20H2,1-2H3/t22-/m1/s1. The van der Waals surface area contributed by atoms with Gasteiger partial charge in [0.15, 0.2) is 0 Å². The van der Waals surface area contributed by atoms with Crippen molar-refractivity contribution >= 4 is 11.9 Å². The summed E-state index contributed by atoms with van der Waals surface area (Å²) in [5, 5.41) is 0. The molecule has 0 spiro atoms. The van der Waals surface area contributed by atoms with Crippen LogP contribution in [-0.4, -0.2) is 72.7 Å². The van der Waals surface area contributed by atoms with E-state index < -0.39 is 5.97 Å². The van der Waals surface area contributed by atoms with Gasteiger partial charge in [-0.05, 0) is 44.3 Å². The summed E-state index contributed by atoms with van der Waals surface area (Å²) in [4.78, 5) is 43.4. The molecule has 0 radical (unpaired) electrons. The molecular formula is C28H37N3O5. The van der Waals surface area contributed by atoms with Gasteiger partial charge in [0.25, 0.3) is 5.56 Å². The first-order valence-electron chi connectivity index (χ1n) is 13.0. The number of fused-ring (bicyclic) bond motifs is 1. The Morgan fingerprint density at radius 1 is 1.08 bits per heavy atom. The van der Waals surface area contributed by atoms with Crippen LogP contribution in [0.15, 0.2) is 41.2 Å². The summed E-state index contributed by atoms with van der Waals surface area (Å²) in [5.41, 5.74) is 1.86. The number of piperidine rings is 1. The lowest BCUT2D eigenvalue weighted by atomic mass is 9.96. The number of hydrogen-bond donors (Lipinski definition) is 0. The molecule has 8 nitrogen and oxygen atoms in total. The largest absolute Gasteiger partial charge is 0.492 e. The van der Waals surface area contributed by atoms with Crippen molar-refractivity contribution in [3.8, 4) is 5.75 Å². The van der Waals surface area contributed by atoms with Gasteiger partial charge in [-0.1, -0.05) is 37.3 Å². The van der Waals surface area contributed by atoms with Crippen molar-refractivity contribution in [3.05, 3.63) is 63.6 Å². The highest BCUT2D eigenvalue weighted by Crippen LogP contribution is 2.26. The third kappa shape index (κ3) is 5.98. The predicted octanol–water partition coefficient (Wildman–Crippen LogP) is 2.76. The van der Waals surface area contributed by atoms with Gasteiger partial charge in [0.05, 0.1) is 19.6 Å². The number of carbonyl (C=O) groups excluding carboxylic acids is 2. The Hall–Kier alpha value is -3.13. The molecule has 4 rings (SSSR count). The molecule has 36 heavy (non-hydrogen) atoms. The van der Waals surface area contributed by atoms with E-state index >= 15 is 0 Å². The lowest BCUT2D eigenvalue weighted by molar-refractivity contribution is -0.137. The summed E-state index contributed by atoms with van der Waals surface area (Å²) < 4.78 is 12.6. The zero-order chi connectivity index (χ0) is 25.5. The average Bonchev–Trinajstić information content (AvgIpc) is 3.14. The third-order valence-corrected chi connectivity index (χ3v) is 7.31. The van der Waals surface area contributed by atoms with Gasteiger partial charge < -0.3 is 23.8 Å². The molecule has 0 saturated carbocycles. The minimum absolute atomic E-state index is 0.0137. The van der Waals surface area contributed by atoms with E-state index in [9.17, 15) is 14.4 Å². The second kappa shape index (κ2) is 12.2. The molecule has 1 fully saturated rings. The van der Waals surface area contributed by atoms with Gasteiger partial charge in [-0.3, -0.25) is 9.59 Å². The van der Waals surface area contributed by atoms with Crippen LogP contribution in [0.25, 0.3) is 0 Å². The van der Waals surface area contributed by atoms with Crippen molar-refractivity contribution in [1.29, 1.82) is 0 Å². The van der Waals surface area contributed by atoms with Crippen LogP contribution >= 0.6 is 0 Å². The normalized spacial score (nSPS) is 18.3. The van der Waals surface area contributed by atoms with E-state index in [0.717, 1.165) is 45.3 Å². The number of amides is 1. The Morgan fingerprint density at radius 3 is 2.64 bits per heavy atom. The van der Waals surface area contributed by atoms with E-state index in [1.807, 2.05) is 23.1 Å². The second-order valence-corrected chi connectivity index (χ2v) is 9.56. The van der Waals surface area contributed by atoms with Gasteiger partial charge in [-0.25, -0.2) is 4.79 Å². The fourth-order valence-electron chi connectivity index (χ4n) is 5.31. The fraction of sp³-hybridized carbons (Fsp3) is 0.536. The van der Waals surface area contributed by atoms with Gasteiger partial charge in [-0.15, -0.1) is 0 Å². The number of methoxy groups -OCH3 is 1. The summed E-state index contributed by atoms with van der Waals surface area (Å²) in [6.45, 7) is 6.53. The summed E-state index contributed by atoms with van der Waals surface area (Å²) in [6.07, 6.45) is 3.91. The van der Waals surface area contributed by atoms with Gasteiger partial charge >= 0.3 is 5.97 Å². The number of rotatable bonds is 8. The SMILES string of the molecule is CCN1CCC[C@@H](C(=O)N2CCc3c(C(=O)OC)c(OCCCc4ccccc4)cc(=O)n3CC2)C1. The van der Waals surface area contributed by atoms with E-state index in [1.54, 1.807) is 4.57 Å². The molecule has 1 atom stereocenters. The van der Waals surface area contributed by atoms with Crippen molar-refractivity contribution in [2.75, 3.05) is 46.4 Å². The number of likely N-dealkylation sites (tertiary alicyclic amines) is 1. The quantitative estimate of drug-likeness (QED) is 0.414. The highest BCUT2D eigenvalue weighted by molar-refractivity contribution is 5.93. The molecule has 0 N–H and O–H groups in total. The first-order valence-corrected chi connectivity index (χ1v) is 13.0. The number of nitrogens with zero attached hydrogens (tertiary/aromatic N) is 3. The third-order valence-electron chi connectivity index (χ3n) is 7.31. The molecule has 0 bridgehead atoms. The molecule has 1 aromatic heterocycles. The van der Waals surface area contributed by atoms with Crippen LogP contribution < -0.4 is 10.3 Å². The molecule has 3 heterocycles. The van der Waals surface area contributed by atoms with Crippen molar-refractivity contribution < 1.29 is 19.1 Å². The van der Waals surface area contributed by atoms with Gasteiger partial charge in [0.2, 0.25) is 5.91 Å². The second-order valence-electron chi connectivity index (χ2n) is 9.56. The average molecular weight is 496 g/mol. The molecule has 2 aliphatic rings. The van der Waals surface area contributed by atoms with Crippen LogP contribution in [0, 0.1) is 5.92 Å². The van der Waals surface area contributed by atoms with Gasteiger partial charge in [0, 0.05) is 44.4 Å². The fourth-order valence-corrected chi connectivity index (χ4v) is 5.31. The van der Waals surface area contributed by atoms with E-state index in [4.69, 9.17) is 9.47 Å². The summed E-state index contributed by atoms with van der Waals surface area (Å²) in [5.74, 6) is -0.134. The number of aryl methyl sites for hydroxylation is 1. The molecule has 2 aromatic rings. The number of carbonyl (C=O) groups is 2. The van der Waals surface area contributed by atoms with Crippen LogP contribution in [0.1, 0.15) is 47.8 Å². The Morgan fingerprint density at radius 2 is 1.89 bits per heavy atom. The number of esters is 1. The summed E-state index contributed by atoms with van der Waals surface area (Å²) in [6, 6.07) is 11.5. The summed E-state index contributed by atoms with van der Waals surface area (Å²) in [7, 11) is 1.33. The van der Waals surface area contributed by atoms with Crippen molar-refractivity contribution in [2.24, 2.45) is 5.92 Å². The minimum Gasteiger partial charge on any atom is -0.492 e. The van der Waals surface area contributed by atoms with E-state index in [-0.39, 0.29) is 23.1 Å². The van der Waals surface area contributed by atoms with Gasteiger partial charge in [0.1, 0.15) is 11.3 Å². The molecule has 1 amide bonds. The molecule has 1 saturated heterocycles. The van der Waals surface area contributed by atoms with Crippen LogP contribution in [0.2, 0.25) is 0 Å². The predicted molar refractivity (Wildman–Crippen MR) is 137 cm³/mol. The van der Waals surface area contributed by atoms with Crippen molar-refractivity contribution in [1.82, 2.24) is 14.4 Å². The van der Waals surface area contributed by atoms with Crippen molar-refractivity contribution in [3.63, 3.8) is 0 Å². The zero-order valence-corrected chi connectivity index (χ0v) is 21.4. The number of ether oxygens (including phenoxy) is 2. The topological polar surface area (TPSA) is 81.1 Å². The van der Waals surface area contributed by atoms with Crippen LogP contribution in [0.4, 0.5) is 0 Å². The van der Waals surface area contributed by atoms with E-state index in [1.165, 1.54) is 18.7 Å². The Bertz CT molecular complexity index is 1110. The number of hydrogen-bond acceptors (Lipinski definition) is 6. The Balaban J connectivity index is 1.49. The first kappa shape index (κ1) is 25.9. The molecule has 0 aliphatic carbocycles. The van der Waals surface area contributed by atoms with Crippen molar-refractivity contribution in [2.45, 2.75) is 45.6 Å². The first-order chi connectivity index (χ1) is 17.5.